The van der Waals surface area contributed by atoms with Gasteiger partial charge in [-0.05, 0) is 72.9 Å². The number of nitrogens with zero attached hydrogens (tertiary/aromatic N) is 2. The van der Waals surface area contributed by atoms with Crippen LogP contribution in [0.4, 0.5) is 0 Å². The van der Waals surface area contributed by atoms with Crippen molar-refractivity contribution in [3.05, 3.63) is 95.7 Å². The third-order valence-corrected chi connectivity index (χ3v) is 6.02. The van der Waals surface area contributed by atoms with Crippen LogP contribution in [0.2, 0.25) is 0 Å². The molecule has 0 atom stereocenters. The Morgan fingerprint density at radius 3 is 2.14 bits per heavy atom. The van der Waals surface area contributed by atoms with Crippen molar-refractivity contribution in [3.8, 4) is 16.9 Å². The molecule has 2 heterocycles. The highest BCUT2D eigenvalue weighted by atomic mass is 15.1. The lowest BCUT2D eigenvalue weighted by molar-refractivity contribution is -0.665. The van der Waals surface area contributed by atoms with E-state index in [0.29, 0.717) is 0 Å². The first-order valence-corrected chi connectivity index (χ1v) is 10.1. The first-order valence-electron chi connectivity index (χ1n) is 10.1. The van der Waals surface area contributed by atoms with Gasteiger partial charge in [0.2, 0.25) is 0 Å². The van der Waals surface area contributed by atoms with Crippen LogP contribution in [-0.4, -0.2) is 4.57 Å². The molecular formula is C27H25N2+. The van der Waals surface area contributed by atoms with Crippen LogP contribution in [-0.2, 0) is 7.05 Å². The van der Waals surface area contributed by atoms with Crippen molar-refractivity contribution in [1.82, 2.24) is 4.57 Å². The number of para-hydroxylation sites is 2. The van der Waals surface area contributed by atoms with Gasteiger partial charge in [0.1, 0.15) is 11.0 Å². The summed E-state index contributed by atoms with van der Waals surface area (Å²) in [6.45, 7) is 6.59. The highest BCUT2D eigenvalue weighted by Gasteiger charge is 2.22. The smallest absolute Gasteiger partial charge is 0.237 e. The second-order valence-corrected chi connectivity index (χ2v) is 7.97. The van der Waals surface area contributed by atoms with Gasteiger partial charge < -0.3 is 0 Å². The number of rotatable bonds is 2. The molecule has 0 radical (unpaired) electrons. The van der Waals surface area contributed by atoms with Crippen molar-refractivity contribution in [2.75, 3.05) is 0 Å². The summed E-state index contributed by atoms with van der Waals surface area (Å²) >= 11 is 0. The van der Waals surface area contributed by atoms with Gasteiger partial charge in [-0.3, -0.25) is 0 Å². The lowest BCUT2D eigenvalue weighted by Crippen LogP contribution is -2.33. The standard InChI is InChI=1S/C27H25N2/c1-18-9-7-10-19(2)26(18)21-15-16-28(4)25(17-21)29-24-14-6-5-12-22(24)23-13-8-11-20(3)27(23)29/h5-17H,1-4H3/q+1. The predicted molar refractivity (Wildman–Crippen MR) is 122 cm³/mol. The molecule has 0 amide bonds. The topological polar surface area (TPSA) is 8.81 Å². The van der Waals surface area contributed by atoms with E-state index in [1.54, 1.807) is 0 Å². The van der Waals surface area contributed by atoms with Crippen LogP contribution >= 0.6 is 0 Å². The first-order chi connectivity index (χ1) is 14.1. The Morgan fingerprint density at radius 2 is 1.34 bits per heavy atom. The number of pyridine rings is 1. The van der Waals surface area contributed by atoms with E-state index in [4.69, 9.17) is 0 Å². The molecule has 5 rings (SSSR count). The maximum absolute atomic E-state index is 2.41. The third kappa shape index (κ3) is 2.67. The summed E-state index contributed by atoms with van der Waals surface area (Å²) in [6.07, 6.45) is 2.18. The average molecular weight is 378 g/mol. The van der Waals surface area contributed by atoms with Gasteiger partial charge in [-0.25, -0.2) is 4.57 Å². The minimum Gasteiger partial charge on any atom is -0.237 e. The summed E-state index contributed by atoms with van der Waals surface area (Å²) in [5.41, 5.74) is 9.01. The average Bonchev–Trinajstić information content (AvgIpc) is 3.05. The zero-order valence-corrected chi connectivity index (χ0v) is 17.4. The molecule has 0 N–H and O–H groups in total. The molecule has 2 heteroatoms. The quantitative estimate of drug-likeness (QED) is 0.324. The summed E-state index contributed by atoms with van der Waals surface area (Å²) < 4.78 is 4.63. The van der Waals surface area contributed by atoms with Crippen molar-refractivity contribution in [2.24, 2.45) is 7.05 Å². The largest absolute Gasteiger partial charge is 0.287 e. The summed E-state index contributed by atoms with van der Waals surface area (Å²) in [4.78, 5) is 0. The van der Waals surface area contributed by atoms with Crippen molar-refractivity contribution in [1.29, 1.82) is 0 Å². The Labute approximate surface area is 171 Å². The van der Waals surface area contributed by atoms with E-state index in [0.717, 1.165) is 0 Å². The predicted octanol–water partition coefficient (Wildman–Crippen LogP) is 6.20. The minimum absolute atomic E-state index is 1.17. The number of aryl methyl sites for hydroxylation is 4. The van der Waals surface area contributed by atoms with Crippen molar-refractivity contribution in [3.63, 3.8) is 0 Å². The van der Waals surface area contributed by atoms with Crippen molar-refractivity contribution < 1.29 is 4.57 Å². The molecule has 0 aliphatic heterocycles. The van der Waals surface area contributed by atoms with Crippen LogP contribution in [0.15, 0.2) is 79.0 Å². The minimum atomic E-state index is 1.17. The van der Waals surface area contributed by atoms with Gasteiger partial charge in [0.25, 0.3) is 5.82 Å². The first kappa shape index (κ1) is 17.7. The highest BCUT2D eigenvalue weighted by molar-refractivity contribution is 6.10. The Hall–Kier alpha value is -3.39. The second kappa shape index (κ2) is 6.59. The number of hydrogen-bond acceptors (Lipinski definition) is 0. The molecule has 0 aliphatic carbocycles. The Balaban J connectivity index is 1.89. The lowest BCUT2D eigenvalue weighted by Gasteiger charge is -2.12. The van der Waals surface area contributed by atoms with Crippen LogP contribution in [0.25, 0.3) is 38.8 Å². The number of benzene rings is 3. The molecule has 3 aromatic carbocycles. The Bertz CT molecular complexity index is 1370. The van der Waals surface area contributed by atoms with Crippen LogP contribution < -0.4 is 4.57 Å². The number of hydrogen-bond donors (Lipinski definition) is 0. The van der Waals surface area contributed by atoms with Gasteiger partial charge in [-0.15, -0.1) is 0 Å². The monoisotopic (exact) mass is 377 g/mol. The van der Waals surface area contributed by atoms with E-state index in [2.05, 4.69) is 116 Å². The molecule has 0 bridgehead atoms. The maximum Gasteiger partial charge on any atom is 0.287 e. The molecule has 0 unspecified atom stereocenters. The van der Waals surface area contributed by atoms with E-state index in [-0.39, 0.29) is 0 Å². The molecule has 142 valence electrons. The zero-order valence-electron chi connectivity index (χ0n) is 17.4. The Morgan fingerprint density at radius 1 is 0.690 bits per heavy atom. The van der Waals surface area contributed by atoms with Crippen LogP contribution in [0.5, 0.6) is 0 Å². The molecule has 0 saturated carbocycles. The summed E-state index contributed by atoms with van der Waals surface area (Å²) in [5, 5.41) is 2.60. The molecular weight excluding hydrogens is 352 g/mol. The van der Waals surface area contributed by atoms with E-state index in [1.165, 1.54) is 55.4 Å². The van der Waals surface area contributed by atoms with Crippen molar-refractivity contribution in [2.45, 2.75) is 20.8 Å². The lowest BCUT2D eigenvalue weighted by atomic mass is 9.96. The summed E-state index contributed by atoms with van der Waals surface area (Å²) in [5.74, 6) is 1.17. The van der Waals surface area contributed by atoms with Gasteiger partial charge in [0.15, 0.2) is 0 Å². The zero-order chi connectivity index (χ0) is 20.1. The summed E-state index contributed by atoms with van der Waals surface area (Å²) in [6, 6.07) is 26.4. The molecule has 2 nitrogen and oxygen atoms in total. The van der Waals surface area contributed by atoms with Gasteiger partial charge >= 0.3 is 0 Å². The summed E-state index contributed by atoms with van der Waals surface area (Å²) in [7, 11) is 2.13. The normalized spacial score (nSPS) is 11.4. The van der Waals surface area contributed by atoms with Crippen molar-refractivity contribution >= 4 is 21.8 Å². The Kier molecular flexibility index (Phi) is 4.02. The number of fused-ring (bicyclic) bond motifs is 3. The molecule has 5 aromatic rings. The van der Waals surface area contributed by atoms with E-state index < -0.39 is 0 Å². The number of aromatic nitrogens is 2. The van der Waals surface area contributed by atoms with Crippen LogP contribution in [0, 0.1) is 20.8 Å². The maximum atomic E-state index is 2.41. The fourth-order valence-electron chi connectivity index (χ4n) is 4.63. The molecule has 29 heavy (non-hydrogen) atoms. The van der Waals surface area contributed by atoms with Gasteiger partial charge in [0, 0.05) is 16.8 Å². The molecule has 0 fully saturated rings. The van der Waals surface area contributed by atoms with E-state index in [1.807, 2.05) is 0 Å². The fourth-order valence-corrected chi connectivity index (χ4v) is 4.63. The highest BCUT2D eigenvalue weighted by Crippen LogP contribution is 2.34. The van der Waals surface area contributed by atoms with E-state index >= 15 is 0 Å². The third-order valence-electron chi connectivity index (χ3n) is 6.02. The van der Waals surface area contributed by atoms with Gasteiger partial charge in [-0.1, -0.05) is 42.5 Å². The van der Waals surface area contributed by atoms with E-state index in [9.17, 15) is 0 Å². The SMILES string of the molecule is Cc1cccc(C)c1-c1cc[n+](C)c(-n2c3ccccc3c3cccc(C)c32)c1. The van der Waals surface area contributed by atoms with Crippen LogP contribution in [0.3, 0.4) is 0 Å². The molecule has 0 spiro atoms. The second-order valence-electron chi connectivity index (χ2n) is 7.97. The van der Waals surface area contributed by atoms with Gasteiger partial charge in [0.05, 0.1) is 13.2 Å². The van der Waals surface area contributed by atoms with Crippen LogP contribution in [0.1, 0.15) is 16.7 Å². The molecule has 0 saturated heterocycles. The molecule has 0 aliphatic rings. The fraction of sp³-hybridized carbons (Fsp3) is 0.148. The van der Waals surface area contributed by atoms with Gasteiger partial charge in [-0.2, -0.15) is 4.57 Å². The molecule has 2 aromatic heterocycles.